The van der Waals surface area contributed by atoms with Gasteiger partial charge in [-0.25, -0.2) is 8.78 Å². The summed E-state index contributed by atoms with van der Waals surface area (Å²) < 4.78 is 25.6. The van der Waals surface area contributed by atoms with Gasteiger partial charge in [0.2, 0.25) is 6.43 Å². The van der Waals surface area contributed by atoms with Gasteiger partial charge in [0.25, 0.3) is 0 Å². The molecule has 0 spiro atoms. The van der Waals surface area contributed by atoms with Gasteiger partial charge in [-0.3, -0.25) is 0 Å². The quantitative estimate of drug-likeness (QED) is 0.501. The summed E-state index contributed by atoms with van der Waals surface area (Å²) >= 11 is 0. The zero-order chi connectivity index (χ0) is 16.2. The Kier molecular flexibility index (Phi) is 5.93. The van der Waals surface area contributed by atoms with Gasteiger partial charge in [-0.15, -0.1) is 6.58 Å². The lowest BCUT2D eigenvalue weighted by Gasteiger charge is -2.37. The van der Waals surface area contributed by atoms with E-state index >= 15 is 0 Å². The van der Waals surface area contributed by atoms with Crippen LogP contribution >= 0.6 is 0 Å². The number of hydrogen-bond donors (Lipinski definition) is 0. The fourth-order valence-electron chi connectivity index (χ4n) is 5.27. The van der Waals surface area contributed by atoms with Gasteiger partial charge in [0.15, 0.2) is 0 Å². The molecule has 0 N–H and O–H groups in total. The van der Waals surface area contributed by atoms with Crippen molar-refractivity contribution >= 4 is 0 Å². The van der Waals surface area contributed by atoms with Crippen molar-refractivity contribution in [1.29, 1.82) is 0 Å². The molecule has 23 heavy (non-hydrogen) atoms. The number of alkyl halides is 2. The highest BCUT2D eigenvalue weighted by molar-refractivity contribution is 5.12. The molecule has 0 heterocycles. The highest BCUT2D eigenvalue weighted by Crippen LogP contribution is 2.43. The van der Waals surface area contributed by atoms with E-state index in [9.17, 15) is 8.78 Å². The van der Waals surface area contributed by atoms with E-state index in [2.05, 4.69) is 18.7 Å². The lowest BCUT2D eigenvalue weighted by atomic mass is 9.69. The van der Waals surface area contributed by atoms with Crippen LogP contribution in [0.25, 0.3) is 0 Å². The number of rotatable bonds is 4. The summed E-state index contributed by atoms with van der Waals surface area (Å²) in [5, 5.41) is 0. The van der Waals surface area contributed by atoms with E-state index < -0.39 is 6.43 Å². The van der Waals surface area contributed by atoms with E-state index in [4.69, 9.17) is 0 Å². The molecule has 1 unspecified atom stereocenters. The molecule has 3 aliphatic carbocycles. The normalized spacial score (nSPS) is 39.1. The van der Waals surface area contributed by atoms with Crippen LogP contribution in [0.1, 0.15) is 70.6 Å². The van der Waals surface area contributed by atoms with Crippen molar-refractivity contribution in [3.63, 3.8) is 0 Å². The largest absolute Gasteiger partial charge is 0.241 e. The first kappa shape index (κ1) is 17.2. The highest BCUT2D eigenvalue weighted by Gasteiger charge is 2.32. The molecule has 2 saturated carbocycles. The van der Waals surface area contributed by atoms with Crippen LogP contribution in [0.3, 0.4) is 0 Å². The molecule has 2 fully saturated rings. The van der Waals surface area contributed by atoms with Crippen LogP contribution < -0.4 is 0 Å². The van der Waals surface area contributed by atoms with Crippen LogP contribution in [0.2, 0.25) is 0 Å². The first-order valence-corrected chi connectivity index (χ1v) is 9.77. The number of hydrogen-bond acceptors (Lipinski definition) is 0. The molecule has 0 saturated heterocycles. The van der Waals surface area contributed by atoms with Crippen LogP contribution in [0.4, 0.5) is 8.78 Å². The lowest BCUT2D eigenvalue weighted by molar-refractivity contribution is 0.0491. The van der Waals surface area contributed by atoms with E-state index in [0.717, 1.165) is 43.4 Å². The Morgan fingerprint density at radius 3 is 2.13 bits per heavy atom. The number of halogens is 2. The van der Waals surface area contributed by atoms with Gasteiger partial charge >= 0.3 is 0 Å². The van der Waals surface area contributed by atoms with Crippen molar-refractivity contribution < 1.29 is 8.78 Å². The topological polar surface area (TPSA) is 0 Å². The van der Waals surface area contributed by atoms with E-state index in [0.29, 0.717) is 5.92 Å². The van der Waals surface area contributed by atoms with Gasteiger partial charge in [-0.1, -0.05) is 17.7 Å². The smallest absolute Gasteiger partial charge is 0.210 e. The minimum absolute atomic E-state index is 0.330. The van der Waals surface area contributed by atoms with E-state index in [1.165, 1.54) is 44.9 Å². The summed E-state index contributed by atoms with van der Waals surface area (Å²) in [6.07, 6.45) is 15.2. The molecule has 0 nitrogen and oxygen atoms in total. The average molecular weight is 322 g/mol. The van der Waals surface area contributed by atoms with E-state index in [-0.39, 0.29) is 5.92 Å². The Morgan fingerprint density at radius 1 is 0.913 bits per heavy atom. The van der Waals surface area contributed by atoms with Crippen molar-refractivity contribution in [2.45, 2.75) is 77.1 Å². The van der Waals surface area contributed by atoms with Crippen molar-refractivity contribution in [2.24, 2.45) is 29.6 Å². The van der Waals surface area contributed by atoms with Crippen LogP contribution in [0.5, 0.6) is 0 Å². The Bertz CT molecular complexity index is 410. The summed E-state index contributed by atoms with van der Waals surface area (Å²) in [4.78, 5) is 0. The predicted octanol–water partition coefficient (Wildman–Crippen LogP) is 6.78. The summed E-state index contributed by atoms with van der Waals surface area (Å²) in [5.41, 5.74) is 1.61. The maximum absolute atomic E-state index is 12.8. The minimum atomic E-state index is -2.11. The molecule has 0 aliphatic heterocycles. The molecule has 0 radical (unpaired) electrons. The summed E-state index contributed by atoms with van der Waals surface area (Å²) in [5.74, 6) is 2.83. The van der Waals surface area contributed by atoms with Crippen molar-refractivity contribution in [2.75, 3.05) is 0 Å². The Morgan fingerprint density at radius 2 is 1.61 bits per heavy atom. The van der Waals surface area contributed by atoms with E-state index in [1.54, 1.807) is 5.57 Å². The van der Waals surface area contributed by atoms with Gasteiger partial charge in [0.05, 0.1) is 0 Å². The van der Waals surface area contributed by atoms with Crippen LogP contribution in [0.15, 0.2) is 24.3 Å². The molecule has 130 valence electrons. The average Bonchev–Trinajstić information content (AvgIpc) is 2.62. The van der Waals surface area contributed by atoms with Crippen molar-refractivity contribution in [3.05, 3.63) is 24.3 Å². The van der Waals surface area contributed by atoms with Crippen LogP contribution in [0, 0.1) is 29.6 Å². The fraction of sp³-hybridized carbons (Fsp3) is 0.810. The lowest BCUT2D eigenvalue weighted by Crippen LogP contribution is -2.25. The molecular formula is C21H32F2. The predicted molar refractivity (Wildman–Crippen MR) is 92.5 cm³/mol. The maximum atomic E-state index is 12.8. The van der Waals surface area contributed by atoms with Crippen LogP contribution in [-0.4, -0.2) is 6.43 Å². The highest BCUT2D eigenvalue weighted by atomic mass is 19.3. The molecule has 0 aromatic rings. The molecule has 0 amide bonds. The molecule has 0 bridgehead atoms. The SMILES string of the molecule is C=CC1CCC(C2CC=C(C3CCC(C(F)F)CC3)CC2)CC1. The first-order valence-electron chi connectivity index (χ1n) is 9.77. The second kappa shape index (κ2) is 7.94. The third-order valence-corrected chi connectivity index (χ3v) is 6.96. The summed E-state index contributed by atoms with van der Waals surface area (Å²) in [6.45, 7) is 3.94. The third-order valence-electron chi connectivity index (χ3n) is 6.96. The molecule has 0 aromatic heterocycles. The fourth-order valence-corrected chi connectivity index (χ4v) is 5.27. The van der Waals surface area contributed by atoms with Crippen molar-refractivity contribution in [1.82, 2.24) is 0 Å². The van der Waals surface area contributed by atoms with Crippen LogP contribution in [-0.2, 0) is 0 Å². The van der Waals surface area contributed by atoms with Gasteiger partial charge in [-0.05, 0) is 94.3 Å². The van der Waals surface area contributed by atoms with Gasteiger partial charge in [-0.2, -0.15) is 0 Å². The second-order valence-electron chi connectivity index (χ2n) is 8.17. The molecule has 2 heteroatoms. The summed E-state index contributed by atoms with van der Waals surface area (Å²) in [7, 11) is 0. The zero-order valence-electron chi connectivity index (χ0n) is 14.4. The minimum Gasteiger partial charge on any atom is -0.210 e. The maximum Gasteiger partial charge on any atom is 0.241 e. The van der Waals surface area contributed by atoms with Gasteiger partial charge in [0, 0.05) is 5.92 Å². The van der Waals surface area contributed by atoms with E-state index in [1.807, 2.05) is 0 Å². The first-order chi connectivity index (χ1) is 11.2. The Hall–Kier alpha value is -0.660. The Balaban J connectivity index is 1.46. The third kappa shape index (κ3) is 4.25. The number of allylic oxidation sites excluding steroid dienone is 3. The molecule has 0 aromatic carbocycles. The van der Waals surface area contributed by atoms with Gasteiger partial charge in [0.1, 0.15) is 0 Å². The standard InChI is InChI=1S/C21H32F2/c1-2-15-3-5-16(6-4-15)17-7-9-18(10-8-17)19-11-13-20(14-12-19)21(22)23/h2,9,15-17,19-21H,1,3-8,10-14H2. The summed E-state index contributed by atoms with van der Waals surface area (Å²) in [6, 6.07) is 0. The van der Waals surface area contributed by atoms with Gasteiger partial charge < -0.3 is 0 Å². The van der Waals surface area contributed by atoms with Crippen molar-refractivity contribution in [3.8, 4) is 0 Å². The molecular weight excluding hydrogens is 290 g/mol. The Labute approximate surface area is 140 Å². The monoisotopic (exact) mass is 322 g/mol. The molecule has 3 aliphatic rings. The zero-order valence-corrected chi connectivity index (χ0v) is 14.4. The molecule has 3 rings (SSSR count). The second-order valence-corrected chi connectivity index (χ2v) is 8.17. The molecule has 1 atom stereocenters.